The van der Waals surface area contributed by atoms with Gasteiger partial charge in [0.05, 0.1) is 76.5 Å². The Morgan fingerprint density at radius 2 is 0.450 bits per heavy atom. The molecule has 0 aromatic carbocycles. The third-order valence-corrected chi connectivity index (χ3v) is 6.89. The topological polar surface area (TPSA) is 243 Å². The molecule has 0 saturated heterocycles. The van der Waals surface area contributed by atoms with Crippen LogP contribution in [0, 0.1) is 23.7 Å². The van der Waals surface area contributed by atoms with Gasteiger partial charge in [-0.25, -0.2) is 0 Å². The van der Waals surface area contributed by atoms with Crippen molar-refractivity contribution in [1.29, 1.82) is 0 Å². The van der Waals surface area contributed by atoms with Gasteiger partial charge in [-0.1, -0.05) is 0 Å². The molecule has 1 rings (SSSR count). The van der Waals surface area contributed by atoms with E-state index in [9.17, 15) is 60.0 Å². The van der Waals surface area contributed by atoms with Gasteiger partial charge < -0.3 is 60.5 Å². The van der Waals surface area contributed by atoms with Crippen LogP contribution in [0.2, 0.25) is 0 Å². The zero-order valence-electron chi connectivity index (χ0n) is 22.6. The fraction of sp³-hybridized carbons (Fsp3) is 0.833. The summed E-state index contributed by atoms with van der Waals surface area (Å²) in [5.74, 6) is -9.12. The molecule has 0 atom stereocenters. The van der Waals surface area contributed by atoms with Crippen LogP contribution in [0.5, 0.6) is 0 Å². The molecule has 0 spiro atoms. The maximum absolute atomic E-state index is 13.8. The second-order valence-electron chi connectivity index (χ2n) is 9.19. The molecule has 0 aromatic heterocycles. The van der Waals surface area contributed by atoms with Crippen LogP contribution in [-0.4, -0.2) is 189 Å². The van der Waals surface area contributed by atoms with Crippen molar-refractivity contribution in [2.75, 3.05) is 105 Å². The van der Waals surface area contributed by atoms with E-state index >= 15 is 0 Å². The lowest BCUT2D eigenvalue weighted by molar-refractivity contribution is -0.183. The average molecular weight is 581 g/mol. The largest absolute Gasteiger partial charge is 0.395 e. The molecule has 8 N–H and O–H groups in total. The summed E-state index contributed by atoms with van der Waals surface area (Å²) in [7, 11) is 0. The highest BCUT2D eigenvalue weighted by molar-refractivity contribution is 6.02. The van der Waals surface area contributed by atoms with Crippen molar-refractivity contribution >= 4 is 23.6 Å². The van der Waals surface area contributed by atoms with Crippen molar-refractivity contribution < 1.29 is 60.0 Å². The number of nitrogens with zero attached hydrogens (tertiary/aromatic N) is 4. The molecule has 16 heteroatoms. The Balaban J connectivity index is 3.78. The van der Waals surface area contributed by atoms with E-state index in [4.69, 9.17) is 0 Å². The molecule has 0 unspecified atom stereocenters. The SMILES string of the molecule is O=C(C1C(C(=O)N(CCO)CCO)C(C(=O)N(CCO)CCO)C1C(=O)N(CCO)CCO)N(CCO)CCO. The van der Waals surface area contributed by atoms with Gasteiger partial charge in [-0.15, -0.1) is 0 Å². The number of carbonyl (C=O) groups is 4. The van der Waals surface area contributed by atoms with Crippen molar-refractivity contribution in [2.24, 2.45) is 23.7 Å². The molecule has 0 heterocycles. The second-order valence-corrected chi connectivity index (χ2v) is 9.19. The first-order valence-electron chi connectivity index (χ1n) is 13.3. The number of aliphatic hydroxyl groups is 8. The summed E-state index contributed by atoms with van der Waals surface area (Å²) in [4.78, 5) is 59.3. The summed E-state index contributed by atoms with van der Waals surface area (Å²) >= 11 is 0. The first-order chi connectivity index (χ1) is 19.2. The van der Waals surface area contributed by atoms with Gasteiger partial charge in [0, 0.05) is 52.4 Å². The van der Waals surface area contributed by atoms with Crippen LogP contribution in [-0.2, 0) is 19.2 Å². The number of aliphatic hydroxyl groups excluding tert-OH is 8. The van der Waals surface area contributed by atoms with E-state index in [1.54, 1.807) is 0 Å². The third kappa shape index (κ3) is 8.78. The normalized spacial score (nSPS) is 20.0. The minimum absolute atomic E-state index is 0.245. The standard InChI is InChI=1S/C24H44N4O12/c29-9-1-25(2-10-30)21(37)17-18(22(38)26(3-11-31)4-12-32)20(24(40)28(7-15-35)8-16-36)19(17)23(39)27(5-13-33)6-14-34/h17-20,29-36H,1-16H2. The van der Waals surface area contributed by atoms with E-state index in [0.29, 0.717) is 0 Å². The zero-order valence-corrected chi connectivity index (χ0v) is 22.6. The van der Waals surface area contributed by atoms with E-state index in [-0.39, 0.29) is 52.4 Å². The Morgan fingerprint density at radius 3 is 0.550 bits per heavy atom. The maximum atomic E-state index is 13.8. The fourth-order valence-electron chi connectivity index (χ4n) is 5.11. The van der Waals surface area contributed by atoms with Gasteiger partial charge >= 0.3 is 0 Å². The number of hydrogen-bond acceptors (Lipinski definition) is 12. The highest BCUT2D eigenvalue weighted by atomic mass is 16.3. The van der Waals surface area contributed by atoms with Crippen LogP contribution in [0.25, 0.3) is 0 Å². The summed E-state index contributed by atoms with van der Waals surface area (Å²) in [5.41, 5.74) is 0. The predicted octanol–water partition coefficient (Wildman–Crippen LogP) is -6.28. The number of amides is 4. The molecule has 232 valence electrons. The predicted molar refractivity (Wildman–Crippen MR) is 137 cm³/mol. The van der Waals surface area contributed by atoms with E-state index in [2.05, 4.69) is 0 Å². The Morgan fingerprint density at radius 1 is 0.325 bits per heavy atom. The van der Waals surface area contributed by atoms with Gasteiger partial charge in [-0.3, -0.25) is 19.2 Å². The van der Waals surface area contributed by atoms with Crippen LogP contribution >= 0.6 is 0 Å². The van der Waals surface area contributed by atoms with Crippen molar-refractivity contribution in [3.8, 4) is 0 Å². The minimum Gasteiger partial charge on any atom is -0.395 e. The highest BCUT2D eigenvalue weighted by Crippen LogP contribution is 2.50. The lowest BCUT2D eigenvalue weighted by Crippen LogP contribution is -2.68. The first-order valence-corrected chi connectivity index (χ1v) is 13.3. The van der Waals surface area contributed by atoms with Crippen LogP contribution in [0.4, 0.5) is 0 Å². The maximum Gasteiger partial charge on any atom is 0.227 e. The van der Waals surface area contributed by atoms with Crippen molar-refractivity contribution in [1.82, 2.24) is 19.6 Å². The lowest BCUT2D eigenvalue weighted by atomic mass is 9.54. The molecule has 1 aliphatic carbocycles. The fourth-order valence-corrected chi connectivity index (χ4v) is 5.11. The molecule has 0 radical (unpaired) electrons. The first kappa shape index (κ1) is 35.6. The van der Waals surface area contributed by atoms with Crippen LogP contribution in [0.1, 0.15) is 0 Å². The van der Waals surface area contributed by atoms with Crippen molar-refractivity contribution in [3.63, 3.8) is 0 Å². The molecule has 0 bridgehead atoms. The summed E-state index contributed by atoms with van der Waals surface area (Å²) in [6.07, 6.45) is 0. The zero-order chi connectivity index (χ0) is 30.2. The quantitative estimate of drug-likeness (QED) is 0.0670. The molecule has 4 amide bonds. The molecule has 0 aliphatic heterocycles. The third-order valence-electron chi connectivity index (χ3n) is 6.89. The minimum atomic E-state index is -1.48. The van der Waals surface area contributed by atoms with Gasteiger partial charge in [0.1, 0.15) is 0 Å². The van der Waals surface area contributed by atoms with Gasteiger partial charge in [0.15, 0.2) is 0 Å². The summed E-state index contributed by atoms with van der Waals surface area (Å²) in [6, 6.07) is 0. The second kappa shape index (κ2) is 18.8. The van der Waals surface area contributed by atoms with E-state index in [1.165, 1.54) is 0 Å². The monoisotopic (exact) mass is 580 g/mol. The molecule has 1 aliphatic rings. The lowest BCUT2D eigenvalue weighted by Gasteiger charge is -2.52. The number of carbonyl (C=O) groups excluding carboxylic acids is 4. The van der Waals surface area contributed by atoms with Crippen LogP contribution in [0.15, 0.2) is 0 Å². The van der Waals surface area contributed by atoms with Gasteiger partial charge in [0.2, 0.25) is 23.6 Å². The molecule has 1 saturated carbocycles. The average Bonchev–Trinajstić information content (AvgIpc) is 2.91. The number of rotatable bonds is 20. The van der Waals surface area contributed by atoms with E-state index in [0.717, 1.165) is 19.6 Å². The molecule has 0 aromatic rings. The van der Waals surface area contributed by atoms with Crippen LogP contribution < -0.4 is 0 Å². The van der Waals surface area contributed by atoms with Crippen LogP contribution in [0.3, 0.4) is 0 Å². The van der Waals surface area contributed by atoms with E-state index < -0.39 is 100 Å². The molecular weight excluding hydrogens is 536 g/mol. The molecule has 16 nitrogen and oxygen atoms in total. The van der Waals surface area contributed by atoms with Crippen molar-refractivity contribution in [2.45, 2.75) is 0 Å². The van der Waals surface area contributed by atoms with Gasteiger partial charge in [-0.05, 0) is 0 Å². The Labute approximate surface area is 232 Å². The number of hydrogen-bond donors (Lipinski definition) is 8. The molecule has 40 heavy (non-hydrogen) atoms. The van der Waals surface area contributed by atoms with Gasteiger partial charge in [0.25, 0.3) is 0 Å². The summed E-state index contributed by atoms with van der Waals surface area (Å²) in [6.45, 7) is -5.95. The van der Waals surface area contributed by atoms with Gasteiger partial charge in [-0.2, -0.15) is 0 Å². The smallest absolute Gasteiger partial charge is 0.227 e. The molecular formula is C24H44N4O12. The Hall–Kier alpha value is -2.44. The summed E-state index contributed by atoms with van der Waals surface area (Å²) in [5, 5.41) is 75.8. The van der Waals surface area contributed by atoms with E-state index in [1.807, 2.05) is 0 Å². The Bertz CT molecular complexity index is 644. The molecule has 1 fully saturated rings. The van der Waals surface area contributed by atoms with Crippen molar-refractivity contribution in [3.05, 3.63) is 0 Å². The highest BCUT2D eigenvalue weighted by Gasteiger charge is 2.65. The Kier molecular flexibility index (Phi) is 16.7. The summed E-state index contributed by atoms with van der Waals surface area (Å²) < 4.78 is 0.